The number of hydrogen-bond donors (Lipinski definition) is 0. The molecule has 2 atom stereocenters. The van der Waals surface area contributed by atoms with Gasteiger partial charge in [-0.15, -0.1) is 0 Å². The molecule has 7 heteroatoms. The van der Waals surface area contributed by atoms with E-state index in [2.05, 4.69) is 34.2 Å². The Balaban J connectivity index is 1.22. The fraction of sp³-hybridized carbons (Fsp3) is 0.216. The number of benzene rings is 4. The van der Waals surface area contributed by atoms with Crippen molar-refractivity contribution in [1.82, 2.24) is 9.97 Å². The number of hydrogen-bond acceptors (Lipinski definition) is 7. The monoisotopic (exact) mass is 585 g/mol. The lowest BCUT2D eigenvalue weighted by molar-refractivity contribution is 0.00480. The SMILES string of the molecule is c1ccc(COC[C@H]2N=C(c3cnc(OCc4ccccc4)nc3OCc3ccccc3)C[C@@H]2OCc2ccccc2)cc1. The van der Waals surface area contributed by atoms with Gasteiger partial charge in [0.05, 0.1) is 37.2 Å². The van der Waals surface area contributed by atoms with Crippen LogP contribution in [0.25, 0.3) is 0 Å². The maximum atomic E-state index is 6.44. The van der Waals surface area contributed by atoms with Gasteiger partial charge in [0.15, 0.2) is 0 Å². The summed E-state index contributed by atoms with van der Waals surface area (Å²) in [4.78, 5) is 14.3. The Morgan fingerprint density at radius 3 is 1.70 bits per heavy atom. The Labute approximate surface area is 258 Å². The molecule has 0 fully saturated rings. The second-order valence-electron chi connectivity index (χ2n) is 10.6. The smallest absolute Gasteiger partial charge is 0.320 e. The largest absolute Gasteiger partial charge is 0.472 e. The van der Waals surface area contributed by atoms with Crippen LogP contribution in [-0.4, -0.2) is 34.4 Å². The van der Waals surface area contributed by atoms with Crippen LogP contribution in [0.5, 0.6) is 11.9 Å². The van der Waals surface area contributed by atoms with Crippen molar-refractivity contribution in [2.75, 3.05) is 6.61 Å². The molecule has 1 aliphatic rings. The molecule has 0 bridgehead atoms. The predicted molar refractivity (Wildman–Crippen MR) is 170 cm³/mol. The van der Waals surface area contributed by atoms with Crippen LogP contribution in [0.2, 0.25) is 0 Å². The van der Waals surface area contributed by atoms with Gasteiger partial charge in [-0.05, 0) is 22.3 Å². The third-order valence-electron chi connectivity index (χ3n) is 7.32. The normalized spacial score (nSPS) is 16.0. The van der Waals surface area contributed by atoms with Crippen LogP contribution >= 0.6 is 0 Å². The van der Waals surface area contributed by atoms with Crippen molar-refractivity contribution in [3.63, 3.8) is 0 Å². The van der Waals surface area contributed by atoms with Crippen LogP contribution in [0.1, 0.15) is 34.2 Å². The predicted octanol–water partition coefficient (Wildman–Crippen LogP) is 7.00. The summed E-state index contributed by atoms with van der Waals surface area (Å²) in [6.07, 6.45) is 2.16. The van der Waals surface area contributed by atoms with E-state index in [1.54, 1.807) is 6.20 Å². The first-order valence-corrected chi connectivity index (χ1v) is 14.8. The summed E-state index contributed by atoms with van der Waals surface area (Å²) in [5.74, 6) is 0.429. The Morgan fingerprint density at radius 1 is 0.591 bits per heavy atom. The molecular formula is C37H35N3O4. The molecule has 0 saturated carbocycles. The molecule has 5 aromatic rings. The molecular weight excluding hydrogens is 550 g/mol. The second-order valence-corrected chi connectivity index (χ2v) is 10.6. The molecule has 0 N–H and O–H groups in total. The molecule has 7 nitrogen and oxygen atoms in total. The van der Waals surface area contributed by atoms with Crippen LogP contribution in [0.3, 0.4) is 0 Å². The standard InChI is InChI=1S/C37H35N3O4/c1-5-13-28(14-6-1)23-41-27-34-35(42-24-29-15-7-2-8-16-29)21-33(39-34)32-22-38-37(44-26-31-19-11-4-12-20-31)40-36(32)43-25-30-17-9-3-10-18-30/h1-20,22,34-35H,21,23-27H2/t34-,35+/m1/s1. The fourth-order valence-corrected chi connectivity index (χ4v) is 4.98. The lowest BCUT2D eigenvalue weighted by Gasteiger charge is -2.19. The summed E-state index contributed by atoms with van der Waals surface area (Å²) in [5, 5.41) is 0. The molecule has 1 aliphatic heterocycles. The minimum atomic E-state index is -0.187. The second kappa shape index (κ2) is 15.0. The lowest BCUT2D eigenvalue weighted by Crippen LogP contribution is -2.28. The van der Waals surface area contributed by atoms with Gasteiger partial charge < -0.3 is 18.9 Å². The highest BCUT2D eigenvalue weighted by Gasteiger charge is 2.33. The van der Waals surface area contributed by atoms with Crippen molar-refractivity contribution in [2.24, 2.45) is 4.99 Å². The van der Waals surface area contributed by atoms with Crippen molar-refractivity contribution in [2.45, 2.75) is 45.0 Å². The molecule has 44 heavy (non-hydrogen) atoms. The Morgan fingerprint density at radius 2 is 1.11 bits per heavy atom. The van der Waals surface area contributed by atoms with Crippen LogP contribution in [0.15, 0.2) is 133 Å². The zero-order valence-corrected chi connectivity index (χ0v) is 24.5. The van der Waals surface area contributed by atoms with Gasteiger partial charge >= 0.3 is 6.01 Å². The van der Waals surface area contributed by atoms with Gasteiger partial charge in [-0.25, -0.2) is 4.98 Å². The van der Waals surface area contributed by atoms with Gasteiger partial charge in [-0.1, -0.05) is 121 Å². The highest BCUT2D eigenvalue weighted by Crippen LogP contribution is 2.29. The number of rotatable bonds is 14. The maximum absolute atomic E-state index is 6.44. The van der Waals surface area contributed by atoms with Crippen LogP contribution in [-0.2, 0) is 35.9 Å². The first-order chi connectivity index (χ1) is 21.8. The van der Waals surface area contributed by atoms with E-state index in [4.69, 9.17) is 23.9 Å². The van der Waals surface area contributed by atoms with Crippen molar-refractivity contribution in [1.29, 1.82) is 0 Å². The first-order valence-electron chi connectivity index (χ1n) is 14.8. The van der Waals surface area contributed by atoms with Crippen LogP contribution < -0.4 is 9.47 Å². The van der Waals surface area contributed by atoms with Crippen LogP contribution in [0, 0.1) is 0 Å². The minimum absolute atomic E-state index is 0.169. The third-order valence-corrected chi connectivity index (χ3v) is 7.32. The summed E-state index contributed by atoms with van der Waals surface area (Å²) in [6.45, 7) is 2.14. The van der Waals surface area contributed by atoms with E-state index >= 15 is 0 Å². The highest BCUT2D eigenvalue weighted by atomic mass is 16.5. The first kappa shape index (κ1) is 29.2. The number of ether oxygens (including phenoxy) is 4. The summed E-state index contributed by atoms with van der Waals surface area (Å²) in [5.41, 5.74) is 5.85. The molecule has 0 amide bonds. The Bertz CT molecular complexity index is 1620. The van der Waals surface area contributed by atoms with Crippen molar-refractivity contribution >= 4 is 5.71 Å². The molecule has 2 heterocycles. The van der Waals surface area contributed by atoms with Gasteiger partial charge in [0.1, 0.15) is 19.3 Å². The maximum Gasteiger partial charge on any atom is 0.320 e. The molecule has 0 aliphatic carbocycles. The fourth-order valence-electron chi connectivity index (χ4n) is 4.98. The molecule has 4 aromatic carbocycles. The number of aromatic nitrogens is 2. The van der Waals surface area contributed by atoms with Gasteiger partial charge in [0.2, 0.25) is 5.88 Å². The zero-order chi connectivity index (χ0) is 29.8. The minimum Gasteiger partial charge on any atom is -0.472 e. The van der Waals surface area contributed by atoms with E-state index in [1.165, 1.54) is 0 Å². The van der Waals surface area contributed by atoms with Crippen LogP contribution in [0.4, 0.5) is 0 Å². The summed E-state index contributed by atoms with van der Waals surface area (Å²) in [7, 11) is 0. The van der Waals surface area contributed by atoms with E-state index in [9.17, 15) is 0 Å². The van der Waals surface area contributed by atoms with Gasteiger partial charge in [-0.3, -0.25) is 4.99 Å². The van der Waals surface area contributed by atoms with Gasteiger partial charge in [-0.2, -0.15) is 4.98 Å². The average Bonchev–Trinajstić information content (AvgIpc) is 3.50. The molecule has 0 unspecified atom stereocenters. The highest BCUT2D eigenvalue weighted by molar-refractivity contribution is 6.03. The molecule has 222 valence electrons. The summed E-state index contributed by atoms with van der Waals surface area (Å²) < 4.78 is 24.8. The average molecular weight is 586 g/mol. The van der Waals surface area contributed by atoms with Crippen molar-refractivity contribution in [3.8, 4) is 11.9 Å². The number of nitrogens with zero attached hydrogens (tertiary/aromatic N) is 3. The van der Waals surface area contributed by atoms with E-state index < -0.39 is 0 Å². The van der Waals surface area contributed by atoms with E-state index in [0.717, 1.165) is 33.5 Å². The summed E-state index contributed by atoms with van der Waals surface area (Å²) >= 11 is 0. The number of aliphatic imine (C=N–C) groups is 1. The molecule has 1 aromatic heterocycles. The summed E-state index contributed by atoms with van der Waals surface area (Å²) in [6, 6.07) is 40.3. The zero-order valence-electron chi connectivity index (χ0n) is 24.5. The van der Waals surface area contributed by atoms with E-state index in [0.29, 0.717) is 45.3 Å². The van der Waals surface area contributed by atoms with E-state index in [-0.39, 0.29) is 18.2 Å². The Hall–Kier alpha value is -4.85. The molecule has 0 saturated heterocycles. The van der Waals surface area contributed by atoms with Crippen molar-refractivity contribution in [3.05, 3.63) is 155 Å². The molecule has 0 radical (unpaired) electrons. The van der Waals surface area contributed by atoms with Gasteiger partial charge in [0.25, 0.3) is 0 Å². The topological polar surface area (TPSA) is 75.1 Å². The quantitative estimate of drug-likeness (QED) is 0.140. The Kier molecular flexibility index (Phi) is 10.00. The van der Waals surface area contributed by atoms with E-state index in [1.807, 2.05) is 97.1 Å². The molecule has 6 rings (SSSR count). The lowest BCUT2D eigenvalue weighted by atomic mass is 10.1. The molecule has 0 spiro atoms. The van der Waals surface area contributed by atoms with Crippen molar-refractivity contribution < 1.29 is 18.9 Å². The van der Waals surface area contributed by atoms with Gasteiger partial charge in [0, 0.05) is 12.6 Å². The third kappa shape index (κ3) is 8.16.